The third-order valence-electron chi connectivity index (χ3n) is 3.80. The van der Waals surface area contributed by atoms with Crippen LogP contribution in [0.25, 0.3) is 5.57 Å². The number of hydrogen-bond acceptors (Lipinski definition) is 2. The average Bonchev–Trinajstić information content (AvgIpc) is 2.49. The van der Waals surface area contributed by atoms with Gasteiger partial charge in [-0.3, -0.25) is 4.90 Å². The van der Waals surface area contributed by atoms with Crippen molar-refractivity contribution in [2.45, 2.75) is 13.0 Å². The number of nitrogen functional groups attached to an aromatic ring is 1. The van der Waals surface area contributed by atoms with Crippen molar-refractivity contribution in [3.63, 3.8) is 0 Å². The van der Waals surface area contributed by atoms with Crippen LogP contribution in [-0.4, -0.2) is 18.0 Å². The zero-order chi connectivity index (χ0) is 13.8. The fraction of sp³-hybridized carbons (Fsp3) is 0.222. The summed E-state index contributed by atoms with van der Waals surface area (Å²) < 4.78 is 0. The van der Waals surface area contributed by atoms with E-state index in [2.05, 4.69) is 53.4 Å². The Kier molecular flexibility index (Phi) is 3.84. The highest BCUT2D eigenvalue weighted by Gasteiger charge is 2.13. The van der Waals surface area contributed by atoms with Crippen LogP contribution in [0.3, 0.4) is 0 Å². The van der Waals surface area contributed by atoms with Gasteiger partial charge >= 0.3 is 0 Å². The van der Waals surface area contributed by atoms with Crippen LogP contribution in [0.1, 0.15) is 17.5 Å². The summed E-state index contributed by atoms with van der Waals surface area (Å²) in [4.78, 5) is 2.48. The Morgan fingerprint density at radius 2 is 1.85 bits per heavy atom. The van der Waals surface area contributed by atoms with E-state index in [-0.39, 0.29) is 0 Å². The molecule has 0 spiro atoms. The highest BCUT2D eigenvalue weighted by Crippen LogP contribution is 2.24. The molecule has 0 atom stereocenters. The third kappa shape index (κ3) is 3.09. The van der Waals surface area contributed by atoms with Crippen LogP contribution in [0.5, 0.6) is 0 Å². The summed E-state index contributed by atoms with van der Waals surface area (Å²) in [6.07, 6.45) is 3.43. The maximum atomic E-state index is 5.86. The van der Waals surface area contributed by atoms with Gasteiger partial charge in [0.1, 0.15) is 0 Å². The predicted molar refractivity (Wildman–Crippen MR) is 85.2 cm³/mol. The molecule has 0 unspecified atom stereocenters. The monoisotopic (exact) mass is 264 g/mol. The van der Waals surface area contributed by atoms with Gasteiger partial charge in [0, 0.05) is 25.3 Å². The Morgan fingerprint density at radius 3 is 2.55 bits per heavy atom. The molecule has 2 aromatic rings. The first kappa shape index (κ1) is 12.9. The first-order valence-electron chi connectivity index (χ1n) is 7.12. The molecule has 1 aliphatic rings. The average molecular weight is 264 g/mol. The predicted octanol–water partition coefficient (Wildman–Crippen LogP) is 3.56. The molecular weight excluding hydrogens is 244 g/mol. The second-order valence-electron chi connectivity index (χ2n) is 5.33. The molecule has 2 N–H and O–H groups in total. The van der Waals surface area contributed by atoms with Gasteiger partial charge in [0.15, 0.2) is 0 Å². The number of benzene rings is 2. The van der Waals surface area contributed by atoms with Crippen molar-refractivity contribution in [2.75, 3.05) is 18.8 Å². The SMILES string of the molecule is Nc1cccc(C2=CCN(Cc3ccccc3)CC2)c1. The number of nitrogens with zero attached hydrogens (tertiary/aromatic N) is 1. The lowest BCUT2D eigenvalue weighted by molar-refractivity contribution is 0.294. The van der Waals surface area contributed by atoms with E-state index in [0.717, 1.165) is 31.7 Å². The van der Waals surface area contributed by atoms with Gasteiger partial charge in [0.2, 0.25) is 0 Å². The van der Waals surface area contributed by atoms with Crippen LogP contribution < -0.4 is 5.73 Å². The third-order valence-corrected chi connectivity index (χ3v) is 3.80. The Balaban J connectivity index is 1.66. The topological polar surface area (TPSA) is 29.3 Å². The van der Waals surface area contributed by atoms with E-state index in [0.29, 0.717) is 0 Å². The highest BCUT2D eigenvalue weighted by molar-refractivity contribution is 5.69. The standard InChI is InChI=1S/C18H20N2/c19-18-8-4-7-17(13-18)16-9-11-20(12-10-16)14-15-5-2-1-3-6-15/h1-9,13H,10-12,14,19H2. The Hall–Kier alpha value is -2.06. The molecule has 1 heterocycles. The summed E-state index contributed by atoms with van der Waals surface area (Å²) in [5.41, 5.74) is 10.8. The van der Waals surface area contributed by atoms with Crippen molar-refractivity contribution in [1.29, 1.82) is 0 Å². The van der Waals surface area contributed by atoms with E-state index >= 15 is 0 Å². The lowest BCUT2D eigenvalue weighted by atomic mass is 9.99. The van der Waals surface area contributed by atoms with E-state index in [9.17, 15) is 0 Å². The summed E-state index contributed by atoms with van der Waals surface area (Å²) in [5.74, 6) is 0. The number of hydrogen-bond donors (Lipinski definition) is 1. The molecule has 2 aromatic carbocycles. The zero-order valence-electron chi connectivity index (χ0n) is 11.6. The summed E-state index contributed by atoms with van der Waals surface area (Å²) in [6, 6.07) is 18.8. The minimum Gasteiger partial charge on any atom is -0.399 e. The minimum absolute atomic E-state index is 0.843. The van der Waals surface area contributed by atoms with Crippen molar-refractivity contribution in [3.05, 3.63) is 71.8 Å². The summed E-state index contributed by atoms with van der Waals surface area (Å²) in [7, 11) is 0. The number of nitrogens with two attached hydrogens (primary N) is 1. The molecule has 2 heteroatoms. The molecule has 2 nitrogen and oxygen atoms in total. The summed E-state index contributed by atoms with van der Waals surface area (Å²) in [6.45, 7) is 3.15. The van der Waals surface area contributed by atoms with Crippen molar-refractivity contribution >= 4 is 11.3 Å². The van der Waals surface area contributed by atoms with Gasteiger partial charge in [-0.1, -0.05) is 48.5 Å². The van der Waals surface area contributed by atoms with Crippen molar-refractivity contribution in [3.8, 4) is 0 Å². The fourth-order valence-electron chi connectivity index (χ4n) is 2.70. The molecule has 20 heavy (non-hydrogen) atoms. The molecule has 0 bridgehead atoms. The van der Waals surface area contributed by atoms with Gasteiger partial charge in [0.05, 0.1) is 0 Å². The van der Waals surface area contributed by atoms with E-state index in [1.54, 1.807) is 0 Å². The lowest BCUT2D eigenvalue weighted by Gasteiger charge is -2.26. The first-order chi connectivity index (χ1) is 9.81. The van der Waals surface area contributed by atoms with Gasteiger partial charge in [-0.2, -0.15) is 0 Å². The van der Waals surface area contributed by atoms with Crippen molar-refractivity contribution in [1.82, 2.24) is 4.90 Å². The van der Waals surface area contributed by atoms with E-state index in [1.165, 1.54) is 16.7 Å². The smallest absolute Gasteiger partial charge is 0.0320 e. The fourth-order valence-corrected chi connectivity index (χ4v) is 2.70. The van der Waals surface area contributed by atoms with Crippen LogP contribution in [0.2, 0.25) is 0 Å². The van der Waals surface area contributed by atoms with Gasteiger partial charge in [0.25, 0.3) is 0 Å². The Morgan fingerprint density at radius 1 is 1.00 bits per heavy atom. The second kappa shape index (κ2) is 5.93. The molecule has 0 aliphatic carbocycles. The molecule has 102 valence electrons. The lowest BCUT2D eigenvalue weighted by Crippen LogP contribution is -2.27. The molecule has 0 amide bonds. The molecule has 3 rings (SSSR count). The molecule has 0 aromatic heterocycles. The van der Waals surface area contributed by atoms with Crippen LogP contribution in [0.4, 0.5) is 5.69 Å². The highest BCUT2D eigenvalue weighted by atomic mass is 15.1. The Bertz CT molecular complexity index is 602. The van der Waals surface area contributed by atoms with Gasteiger partial charge in [-0.05, 0) is 35.3 Å². The van der Waals surface area contributed by atoms with E-state index in [4.69, 9.17) is 5.73 Å². The number of rotatable bonds is 3. The number of anilines is 1. The van der Waals surface area contributed by atoms with E-state index in [1.807, 2.05) is 12.1 Å². The van der Waals surface area contributed by atoms with Gasteiger partial charge in [-0.25, -0.2) is 0 Å². The van der Waals surface area contributed by atoms with E-state index < -0.39 is 0 Å². The summed E-state index contributed by atoms with van der Waals surface area (Å²) in [5, 5.41) is 0. The van der Waals surface area contributed by atoms with Crippen LogP contribution in [0, 0.1) is 0 Å². The molecule has 0 saturated heterocycles. The van der Waals surface area contributed by atoms with Crippen molar-refractivity contribution in [2.24, 2.45) is 0 Å². The maximum Gasteiger partial charge on any atom is 0.0320 e. The minimum atomic E-state index is 0.843. The molecule has 0 radical (unpaired) electrons. The molecule has 1 aliphatic heterocycles. The van der Waals surface area contributed by atoms with Crippen molar-refractivity contribution < 1.29 is 0 Å². The molecule has 0 saturated carbocycles. The molecular formula is C18H20N2. The van der Waals surface area contributed by atoms with Crippen LogP contribution in [-0.2, 0) is 6.54 Å². The Labute approximate surface area is 120 Å². The van der Waals surface area contributed by atoms with Gasteiger partial charge < -0.3 is 5.73 Å². The first-order valence-corrected chi connectivity index (χ1v) is 7.12. The second-order valence-corrected chi connectivity index (χ2v) is 5.33. The van der Waals surface area contributed by atoms with Crippen LogP contribution in [0.15, 0.2) is 60.7 Å². The van der Waals surface area contributed by atoms with Crippen LogP contribution >= 0.6 is 0 Å². The maximum absolute atomic E-state index is 5.86. The zero-order valence-corrected chi connectivity index (χ0v) is 11.6. The summed E-state index contributed by atoms with van der Waals surface area (Å²) >= 11 is 0. The quantitative estimate of drug-likeness (QED) is 0.859. The largest absolute Gasteiger partial charge is 0.399 e. The normalized spacial score (nSPS) is 15.9. The van der Waals surface area contributed by atoms with Gasteiger partial charge in [-0.15, -0.1) is 0 Å². The molecule has 0 fully saturated rings.